The summed E-state index contributed by atoms with van der Waals surface area (Å²) in [4.78, 5) is 40.2. The SMILES string of the molecule is N[C@H]1CCCOC/C=C\[C@@H]2C[C@@]2(C(=O)NS(=O)(=O)C2CC2)NC(=O)[C@@H]2C[C]CN2C1=O. The average Bonchev–Trinajstić information content (AvgIpc) is 3.63. The van der Waals surface area contributed by atoms with Crippen molar-refractivity contribution in [1.82, 2.24) is 14.9 Å². The molecule has 1 saturated heterocycles. The summed E-state index contributed by atoms with van der Waals surface area (Å²) in [5.41, 5.74) is 4.66. The molecule has 4 N–H and O–H groups in total. The first-order chi connectivity index (χ1) is 14.7. The lowest BCUT2D eigenvalue weighted by molar-refractivity contribution is -0.140. The monoisotopic (exact) mass is 452 g/mol. The van der Waals surface area contributed by atoms with Crippen LogP contribution in [0, 0.1) is 12.3 Å². The molecular weight excluding hydrogens is 424 g/mol. The van der Waals surface area contributed by atoms with Crippen LogP contribution in [0.4, 0.5) is 0 Å². The average molecular weight is 453 g/mol. The van der Waals surface area contributed by atoms with Gasteiger partial charge in [-0.3, -0.25) is 19.1 Å². The van der Waals surface area contributed by atoms with Crippen LogP contribution in [0.15, 0.2) is 12.2 Å². The zero-order valence-corrected chi connectivity index (χ0v) is 18.0. The molecule has 0 bridgehead atoms. The van der Waals surface area contributed by atoms with Crippen molar-refractivity contribution >= 4 is 27.7 Å². The molecule has 2 heterocycles. The molecule has 0 unspecified atom stereocenters. The van der Waals surface area contributed by atoms with Gasteiger partial charge in [0.1, 0.15) is 11.6 Å². The second-order valence-electron chi connectivity index (χ2n) is 8.63. The number of carbonyl (C=O) groups excluding carboxylic acids is 3. The molecule has 0 aromatic carbocycles. The zero-order chi connectivity index (χ0) is 22.2. The Balaban J connectivity index is 1.56. The number of sulfonamides is 1. The number of nitrogens with one attached hydrogen (secondary N) is 2. The molecular formula is C20H28N4O6S. The molecule has 0 aromatic heterocycles. The number of hydrogen-bond acceptors (Lipinski definition) is 7. The fourth-order valence-electron chi connectivity index (χ4n) is 4.09. The van der Waals surface area contributed by atoms with Crippen LogP contribution in [-0.4, -0.2) is 73.7 Å². The van der Waals surface area contributed by atoms with Crippen LogP contribution in [0.2, 0.25) is 0 Å². The van der Waals surface area contributed by atoms with Gasteiger partial charge >= 0.3 is 0 Å². The fourth-order valence-corrected chi connectivity index (χ4v) is 5.45. The van der Waals surface area contributed by atoms with Gasteiger partial charge in [0.05, 0.1) is 17.9 Å². The van der Waals surface area contributed by atoms with Crippen LogP contribution < -0.4 is 15.8 Å². The van der Waals surface area contributed by atoms with Gasteiger partial charge in [0.25, 0.3) is 5.91 Å². The van der Waals surface area contributed by atoms with Gasteiger partial charge in [-0.1, -0.05) is 12.2 Å². The van der Waals surface area contributed by atoms with Crippen molar-refractivity contribution in [2.75, 3.05) is 19.8 Å². The van der Waals surface area contributed by atoms with Crippen molar-refractivity contribution in [3.63, 3.8) is 0 Å². The molecule has 2 radical (unpaired) electrons. The summed E-state index contributed by atoms with van der Waals surface area (Å²) < 4.78 is 32.2. The number of nitrogens with two attached hydrogens (primary N) is 1. The third kappa shape index (κ3) is 4.63. The van der Waals surface area contributed by atoms with Crippen molar-refractivity contribution in [3.8, 4) is 0 Å². The highest BCUT2D eigenvalue weighted by atomic mass is 32.2. The molecule has 0 spiro atoms. The second-order valence-corrected chi connectivity index (χ2v) is 10.6. The minimum absolute atomic E-state index is 0.180. The number of amides is 3. The first-order valence-corrected chi connectivity index (χ1v) is 12.2. The fraction of sp³-hybridized carbons (Fsp3) is 0.700. The number of rotatable bonds is 3. The van der Waals surface area contributed by atoms with Gasteiger partial charge in [-0.05, 0) is 38.5 Å². The Hall–Kier alpha value is -1.98. The molecule has 3 fully saturated rings. The highest BCUT2D eigenvalue weighted by Crippen LogP contribution is 2.45. The van der Waals surface area contributed by atoms with Crippen molar-refractivity contribution in [3.05, 3.63) is 18.6 Å². The van der Waals surface area contributed by atoms with Gasteiger partial charge in [-0.2, -0.15) is 0 Å². The van der Waals surface area contributed by atoms with Crippen LogP contribution in [-0.2, 0) is 29.1 Å². The standard InChI is InChI=1S/C20H28N4O6S/c21-15-5-3-11-30-10-2-4-13-12-20(13,19(27)23-31(28,29)14-7-8-14)22-17(25)16-6-1-9-24(16)18(15)26/h2,4,13-16H,3,5-12,21H2,(H,22,25)(H,23,27)/b4-2-/t13-,15+,16+,20-/m1/s1. The zero-order valence-electron chi connectivity index (χ0n) is 17.2. The molecule has 10 nitrogen and oxygen atoms in total. The maximum atomic E-state index is 13.1. The summed E-state index contributed by atoms with van der Waals surface area (Å²) in [6.45, 7) is 0.921. The minimum atomic E-state index is -3.76. The maximum absolute atomic E-state index is 13.1. The topological polar surface area (TPSA) is 148 Å². The first kappa shape index (κ1) is 22.2. The number of carbonyl (C=O) groups is 3. The van der Waals surface area contributed by atoms with Crippen molar-refractivity contribution in [2.45, 2.75) is 61.4 Å². The smallest absolute Gasteiger partial charge is 0.259 e. The molecule has 2 aliphatic carbocycles. The van der Waals surface area contributed by atoms with Crippen molar-refractivity contribution < 1.29 is 27.5 Å². The molecule has 31 heavy (non-hydrogen) atoms. The van der Waals surface area contributed by atoms with Crippen LogP contribution in [0.3, 0.4) is 0 Å². The molecule has 0 aromatic rings. The molecule has 4 rings (SSSR count). The Labute approximate surface area is 182 Å². The molecule has 4 atom stereocenters. The van der Waals surface area contributed by atoms with Crippen molar-refractivity contribution in [1.29, 1.82) is 0 Å². The van der Waals surface area contributed by atoms with E-state index < -0.39 is 44.7 Å². The van der Waals surface area contributed by atoms with E-state index >= 15 is 0 Å². The van der Waals surface area contributed by atoms with Gasteiger partial charge in [0.2, 0.25) is 21.8 Å². The normalized spacial score (nSPS) is 35.8. The molecule has 4 aliphatic rings. The first-order valence-electron chi connectivity index (χ1n) is 10.6. The predicted octanol–water partition coefficient (Wildman–Crippen LogP) is -1.15. The third-order valence-electron chi connectivity index (χ3n) is 6.25. The van der Waals surface area contributed by atoms with E-state index in [9.17, 15) is 22.8 Å². The quantitative estimate of drug-likeness (QED) is 0.458. The number of nitrogens with zero attached hydrogens (tertiary/aromatic N) is 1. The summed E-state index contributed by atoms with van der Waals surface area (Å²) in [5.74, 6) is -1.96. The van der Waals surface area contributed by atoms with E-state index in [1.807, 2.05) is 0 Å². The largest absolute Gasteiger partial charge is 0.377 e. The summed E-state index contributed by atoms with van der Waals surface area (Å²) in [6, 6.07) is -1.58. The van der Waals surface area contributed by atoms with E-state index in [0.717, 1.165) is 0 Å². The van der Waals surface area contributed by atoms with Gasteiger partial charge in [-0.25, -0.2) is 8.42 Å². The Kier molecular flexibility index (Phi) is 6.10. The molecule has 2 aliphatic heterocycles. The Morgan fingerprint density at radius 3 is 2.84 bits per heavy atom. The maximum Gasteiger partial charge on any atom is 0.259 e. The summed E-state index contributed by atoms with van der Waals surface area (Å²) in [5, 5.41) is 2.19. The number of hydrogen-bond donors (Lipinski definition) is 3. The third-order valence-corrected chi connectivity index (χ3v) is 8.07. The summed E-state index contributed by atoms with van der Waals surface area (Å²) in [6.07, 6.45) is 9.10. The molecule has 2 saturated carbocycles. The lowest BCUT2D eigenvalue weighted by Gasteiger charge is -2.28. The van der Waals surface area contributed by atoms with E-state index in [1.54, 1.807) is 12.2 Å². The van der Waals surface area contributed by atoms with E-state index in [-0.39, 0.29) is 31.2 Å². The minimum Gasteiger partial charge on any atom is -0.377 e. The van der Waals surface area contributed by atoms with E-state index in [0.29, 0.717) is 38.9 Å². The number of fused-ring (bicyclic) bond motifs is 2. The molecule has 170 valence electrons. The van der Waals surface area contributed by atoms with Crippen LogP contribution in [0.5, 0.6) is 0 Å². The highest BCUT2D eigenvalue weighted by Gasteiger charge is 2.61. The Morgan fingerprint density at radius 1 is 1.32 bits per heavy atom. The van der Waals surface area contributed by atoms with E-state index in [1.165, 1.54) is 4.90 Å². The Bertz CT molecular complexity index is 886. The van der Waals surface area contributed by atoms with E-state index in [4.69, 9.17) is 10.5 Å². The lowest BCUT2D eigenvalue weighted by atomic mass is 10.1. The summed E-state index contributed by atoms with van der Waals surface area (Å²) >= 11 is 0. The number of ether oxygens (including phenoxy) is 1. The van der Waals surface area contributed by atoms with Crippen LogP contribution in [0.1, 0.15) is 38.5 Å². The second kappa shape index (κ2) is 8.51. The van der Waals surface area contributed by atoms with Gasteiger partial charge in [0.15, 0.2) is 0 Å². The van der Waals surface area contributed by atoms with Gasteiger partial charge in [0, 0.05) is 25.5 Å². The summed E-state index contributed by atoms with van der Waals surface area (Å²) in [7, 11) is -3.76. The van der Waals surface area contributed by atoms with Gasteiger partial charge in [-0.15, -0.1) is 0 Å². The highest BCUT2D eigenvalue weighted by molar-refractivity contribution is 7.91. The predicted molar refractivity (Wildman–Crippen MR) is 110 cm³/mol. The van der Waals surface area contributed by atoms with E-state index in [2.05, 4.69) is 16.5 Å². The molecule has 11 heteroatoms. The van der Waals surface area contributed by atoms with Gasteiger partial charge < -0.3 is 20.7 Å². The van der Waals surface area contributed by atoms with Crippen LogP contribution >= 0.6 is 0 Å². The lowest BCUT2D eigenvalue weighted by Crippen LogP contribution is -2.57. The Morgan fingerprint density at radius 2 is 2.10 bits per heavy atom. The molecule has 3 amide bonds. The van der Waals surface area contributed by atoms with Crippen molar-refractivity contribution in [2.24, 2.45) is 11.7 Å². The van der Waals surface area contributed by atoms with Crippen LogP contribution in [0.25, 0.3) is 0 Å².